The van der Waals surface area contributed by atoms with Crippen LogP contribution in [-0.4, -0.2) is 36.2 Å². The van der Waals surface area contributed by atoms with Crippen molar-refractivity contribution in [3.63, 3.8) is 0 Å². The molecule has 0 spiro atoms. The molecule has 0 bridgehead atoms. The number of benzene rings is 1. The van der Waals surface area contributed by atoms with Crippen molar-refractivity contribution < 1.29 is 4.74 Å². The molecule has 1 saturated heterocycles. The zero-order valence-electron chi connectivity index (χ0n) is 13.3. The number of hydrogen-bond acceptors (Lipinski definition) is 3. The van der Waals surface area contributed by atoms with Crippen LogP contribution in [0.5, 0.6) is 0 Å². The summed E-state index contributed by atoms with van der Waals surface area (Å²) < 4.78 is 5.98. The van der Waals surface area contributed by atoms with Crippen molar-refractivity contribution in [1.82, 2.24) is 4.90 Å². The summed E-state index contributed by atoms with van der Waals surface area (Å²) in [6.45, 7) is 6.27. The first-order valence-corrected chi connectivity index (χ1v) is 8.36. The molecule has 4 atom stereocenters. The number of hydrogen-bond donors (Lipinski definition) is 1. The second-order valence-electron chi connectivity index (χ2n) is 6.68. The quantitative estimate of drug-likeness (QED) is 0.929. The van der Waals surface area contributed by atoms with Gasteiger partial charge in [-0.2, -0.15) is 0 Å². The van der Waals surface area contributed by atoms with Gasteiger partial charge in [0.15, 0.2) is 0 Å². The van der Waals surface area contributed by atoms with E-state index in [4.69, 9.17) is 10.5 Å². The van der Waals surface area contributed by atoms with E-state index in [1.54, 1.807) is 0 Å². The summed E-state index contributed by atoms with van der Waals surface area (Å²) in [7, 11) is 0. The van der Waals surface area contributed by atoms with E-state index in [9.17, 15) is 0 Å². The molecule has 1 heterocycles. The Morgan fingerprint density at radius 2 is 1.90 bits per heavy atom. The summed E-state index contributed by atoms with van der Waals surface area (Å²) in [5.74, 6) is 0. The zero-order chi connectivity index (χ0) is 14.8. The maximum Gasteiger partial charge on any atom is 0.0731 e. The molecule has 1 aliphatic carbocycles. The van der Waals surface area contributed by atoms with Crippen molar-refractivity contribution in [3.05, 3.63) is 35.4 Å². The number of aryl methyl sites for hydroxylation is 1. The van der Waals surface area contributed by atoms with Gasteiger partial charge in [-0.05, 0) is 32.3 Å². The molecule has 3 rings (SSSR count). The largest absolute Gasteiger partial charge is 0.375 e. The van der Waals surface area contributed by atoms with Crippen LogP contribution in [0.3, 0.4) is 0 Å². The van der Waals surface area contributed by atoms with Gasteiger partial charge < -0.3 is 10.5 Å². The molecule has 21 heavy (non-hydrogen) atoms. The molecule has 0 radical (unpaired) electrons. The van der Waals surface area contributed by atoms with Crippen LogP contribution < -0.4 is 5.73 Å². The fourth-order valence-corrected chi connectivity index (χ4v) is 3.91. The van der Waals surface area contributed by atoms with Crippen molar-refractivity contribution in [3.8, 4) is 0 Å². The van der Waals surface area contributed by atoms with Gasteiger partial charge in [0, 0.05) is 24.7 Å². The van der Waals surface area contributed by atoms with Crippen molar-refractivity contribution in [1.29, 1.82) is 0 Å². The number of nitrogens with two attached hydrogens (primary N) is 1. The third-order valence-electron chi connectivity index (χ3n) is 5.28. The van der Waals surface area contributed by atoms with Crippen LogP contribution >= 0.6 is 0 Å². The molecule has 1 saturated carbocycles. The lowest BCUT2D eigenvalue weighted by Crippen LogP contribution is -2.57. The fourth-order valence-electron chi connectivity index (χ4n) is 3.91. The maximum absolute atomic E-state index is 6.56. The standard InChI is InChI=1S/C18H28N2O/c1-13-7-9-15(10-8-13)18(19)14(2)20-11-12-21-17-6-4-3-5-16(17)20/h7-10,14,16-18H,3-6,11-12,19H2,1-2H3. The number of morpholine rings is 1. The number of fused-ring (bicyclic) bond motifs is 1. The van der Waals surface area contributed by atoms with Crippen molar-refractivity contribution in [2.24, 2.45) is 5.73 Å². The first-order valence-electron chi connectivity index (χ1n) is 8.36. The first-order chi connectivity index (χ1) is 10.2. The summed E-state index contributed by atoms with van der Waals surface area (Å²) in [6.07, 6.45) is 5.55. The van der Waals surface area contributed by atoms with Crippen LogP contribution in [0.1, 0.15) is 49.8 Å². The molecule has 0 amide bonds. The van der Waals surface area contributed by atoms with Crippen LogP contribution in [0, 0.1) is 6.92 Å². The molecule has 4 unspecified atom stereocenters. The third kappa shape index (κ3) is 3.15. The average Bonchev–Trinajstić information content (AvgIpc) is 2.53. The Bertz CT molecular complexity index is 457. The molecule has 3 heteroatoms. The molecule has 1 aromatic rings. The van der Waals surface area contributed by atoms with E-state index < -0.39 is 0 Å². The zero-order valence-corrected chi connectivity index (χ0v) is 13.3. The Morgan fingerprint density at radius 3 is 2.67 bits per heavy atom. The Kier molecular flexibility index (Phi) is 4.63. The van der Waals surface area contributed by atoms with Gasteiger partial charge in [-0.15, -0.1) is 0 Å². The Morgan fingerprint density at radius 1 is 1.19 bits per heavy atom. The van der Waals surface area contributed by atoms with Crippen molar-refractivity contribution in [2.75, 3.05) is 13.2 Å². The molecular weight excluding hydrogens is 260 g/mol. The average molecular weight is 288 g/mol. The molecule has 116 valence electrons. The minimum atomic E-state index is 0.0753. The maximum atomic E-state index is 6.56. The molecule has 2 fully saturated rings. The normalized spacial score (nSPS) is 29.7. The van der Waals surface area contributed by atoms with Gasteiger partial charge >= 0.3 is 0 Å². The molecule has 2 N–H and O–H groups in total. The highest BCUT2D eigenvalue weighted by Gasteiger charge is 2.37. The van der Waals surface area contributed by atoms with Crippen molar-refractivity contribution in [2.45, 2.75) is 63.8 Å². The van der Waals surface area contributed by atoms with Crippen LogP contribution in [-0.2, 0) is 4.74 Å². The number of nitrogens with zero attached hydrogens (tertiary/aromatic N) is 1. The fraction of sp³-hybridized carbons (Fsp3) is 0.667. The molecular formula is C18H28N2O. The Labute approximate surface area is 128 Å². The lowest BCUT2D eigenvalue weighted by molar-refractivity contribution is -0.103. The van der Waals surface area contributed by atoms with Gasteiger partial charge in [0.1, 0.15) is 0 Å². The van der Waals surface area contributed by atoms with E-state index in [0.29, 0.717) is 18.2 Å². The van der Waals surface area contributed by atoms with Gasteiger partial charge in [0.05, 0.1) is 12.7 Å². The van der Waals surface area contributed by atoms with Crippen LogP contribution in [0.4, 0.5) is 0 Å². The summed E-state index contributed by atoms with van der Waals surface area (Å²) in [5, 5.41) is 0. The summed E-state index contributed by atoms with van der Waals surface area (Å²) in [6, 6.07) is 9.67. The van der Waals surface area contributed by atoms with E-state index in [2.05, 4.69) is 43.0 Å². The SMILES string of the molecule is Cc1ccc(C(N)C(C)N2CCOC3CCCCC32)cc1. The Hall–Kier alpha value is -0.900. The lowest BCUT2D eigenvalue weighted by Gasteiger charge is -2.47. The van der Waals surface area contributed by atoms with E-state index in [1.165, 1.54) is 36.8 Å². The van der Waals surface area contributed by atoms with Gasteiger partial charge in [0.25, 0.3) is 0 Å². The minimum absolute atomic E-state index is 0.0753. The smallest absolute Gasteiger partial charge is 0.0731 e. The highest BCUT2D eigenvalue weighted by atomic mass is 16.5. The van der Waals surface area contributed by atoms with E-state index in [1.807, 2.05) is 0 Å². The highest BCUT2D eigenvalue weighted by molar-refractivity contribution is 5.25. The molecule has 2 aliphatic rings. The highest BCUT2D eigenvalue weighted by Crippen LogP contribution is 2.32. The van der Waals surface area contributed by atoms with Crippen LogP contribution in [0.25, 0.3) is 0 Å². The van der Waals surface area contributed by atoms with Crippen molar-refractivity contribution >= 4 is 0 Å². The lowest BCUT2D eigenvalue weighted by atomic mass is 9.87. The van der Waals surface area contributed by atoms with E-state index in [-0.39, 0.29) is 6.04 Å². The molecule has 0 aromatic heterocycles. The summed E-state index contributed by atoms with van der Waals surface area (Å²) in [4.78, 5) is 2.61. The van der Waals surface area contributed by atoms with Crippen LogP contribution in [0.15, 0.2) is 24.3 Å². The van der Waals surface area contributed by atoms with Gasteiger partial charge in [-0.1, -0.05) is 42.7 Å². The number of ether oxygens (including phenoxy) is 1. The summed E-state index contributed by atoms with van der Waals surface area (Å²) in [5.41, 5.74) is 9.09. The molecule has 1 aliphatic heterocycles. The Balaban J connectivity index is 1.73. The predicted octanol–water partition coefficient (Wildman–Crippen LogP) is 3.03. The predicted molar refractivity (Wildman–Crippen MR) is 86.3 cm³/mol. The second-order valence-corrected chi connectivity index (χ2v) is 6.68. The summed E-state index contributed by atoms with van der Waals surface area (Å²) >= 11 is 0. The monoisotopic (exact) mass is 288 g/mol. The van der Waals surface area contributed by atoms with Gasteiger partial charge in [0.2, 0.25) is 0 Å². The topological polar surface area (TPSA) is 38.5 Å². The second kappa shape index (κ2) is 6.47. The van der Waals surface area contributed by atoms with Crippen LogP contribution in [0.2, 0.25) is 0 Å². The van der Waals surface area contributed by atoms with E-state index in [0.717, 1.165) is 13.2 Å². The van der Waals surface area contributed by atoms with Gasteiger partial charge in [-0.25, -0.2) is 0 Å². The molecule has 3 nitrogen and oxygen atoms in total. The van der Waals surface area contributed by atoms with Gasteiger partial charge in [-0.3, -0.25) is 4.90 Å². The molecule has 1 aromatic carbocycles. The first kappa shape index (κ1) is 15.0. The number of rotatable bonds is 3. The third-order valence-corrected chi connectivity index (χ3v) is 5.28. The minimum Gasteiger partial charge on any atom is -0.375 e. The van der Waals surface area contributed by atoms with E-state index >= 15 is 0 Å².